The number of hydrogen-bond acceptors (Lipinski definition) is 5. The molecule has 4 aromatic rings. The highest BCUT2D eigenvalue weighted by molar-refractivity contribution is 7.92. The molecule has 0 saturated carbocycles. The summed E-state index contributed by atoms with van der Waals surface area (Å²) in [6, 6.07) is 26.1. The molecule has 2 unspecified atom stereocenters. The van der Waals surface area contributed by atoms with Crippen molar-refractivity contribution in [2.24, 2.45) is 0 Å². The van der Waals surface area contributed by atoms with E-state index in [1.54, 1.807) is 73.8 Å². The number of ether oxygens (including phenoxy) is 1. The van der Waals surface area contributed by atoms with Crippen LogP contribution in [0.4, 0.5) is 5.69 Å². The van der Waals surface area contributed by atoms with E-state index in [0.717, 1.165) is 5.56 Å². The van der Waals surface area contributed by atoms with Crippen LogP contribution in [0, 0.1) is 18.8 Å². The monoisotopic (exact) mass is 547 g/mol. The molecule has 4 rings (SSSR count). The summed E-state index contributed by atoms with van der Waals surface area (Å²) in [7, 11) is -2.46. The van der Waals surface area contributed by atoms with Crippen molar-refractivity contribution in [2.45, 2.75) is 23.5 Å². The van der Waals surface area contributed by atoms with E-state index in [0.29, 0.717) is 16.9 Å². The molecule has 0 radical (unpaired) electrons. The summed E-state index contributed by atoms with van der Waals surface area (Å²) in [6.45, 7) is 1.86. The molecule has 0 amide bonds. The maximum absolute atomic E-state index is 13.2. The van der Waals surface area contributed by atoms with Gasteiger partial charge in [0.15, 0.2) is 5.60 Å². The minimum Gasteiger partial charge on any atom is -0.497 e. The maximum atomic E-state index is 13.2. The van der Waals surface area contributed by atoms with E-state index >= 15 is 0 Å². The first-order chi connectivity index (χ1) is 18.1. The molecular weight excluding hydrogens is 522 g/mol. The lowest BCUT2D eigenvalue weighted by molar-refractivity contribution is 0.145. The molecule has 194 valence electrons. The SMILES string of the molecule is COc1ccc(C(O)C#CC(O)(c2ccccc2)c2cc(Cl)ccc2NS(=O)(=O)c2ccc(C)cc2)cc1. The Bertz CT molecular complexity index is 1580. The van der Waals surface area contributed by atoms with Crippen LogP contribution in [0.1, 0.15) is 28.4 Å². The Labute approximate surface area is 227 Å². The van der Waals surface area contributed by atoms with E-state index in [1.165, 1.54) is 30.3 Å². The van der Waals surface area contributed by atoms with Crippen LogP contribution in [0.2, 0.25) is 5.02 Å². The molecular formula is C30H26ClNO5S. The van der Waals surface area contributed by atoms with Gasteiger partial charge in [0.25, 0.3) is 10.0 Å². The van der Waals surface area contributed by atoms with E-state index in [9.17, 15) is 18.6 Å². The number of hydrogen-bond donors (Lipinski definition) is 3. The third kappa shape index (κ3) is 6.01. The third-order valence-electron chi connectivity index (χ3n) is 5.96. The molecule has 0 aromatic heterocycles. The molecule has 2 atom stereocenters. The second kappa shape index (κ2) is 11.3. The third-order valence-corrected chi connectivity index (χ3v) is 7.58. The van der Waals surface area contributed by atoms with Gasteiger partial charge in [0.05, 0.1) is 17.7 Å². The first kappa shape index (κ1) is 27.2. The van der Waals surface area contributed by atoms with Crippen LogP contribution in [0.5, 0.6) is 5.75 Å². The standard InChI is InChI=1S/C30H26ClNO5S/c1-21-8-15-26(16-9-21)38(35,36)32-28-17-12-24(31)20-27(28)30(34,23-6-4-3-5-7-23)19-18-29(33)22-10-13-25(37-2)14-11-22/h3-17,20,29,32-34H,1-2H3. The van der Waals surface area contributed by atoms with E-state index in [-0.39, 0.29) is 21.2 Å². The van der Waals surface area contributed by atoms with Crippen molar-refractivity contribution in [2.75, 3.05) is 11.8 Å². The van der Waals surface area contributed by atoms with Crippen LogP contribution in [0.25, 0.3) is 0 Å². The molecule has 0 bridgehead atoms. The summed E-state index contributed by atoms with van der Waals surface area (Å²) in [5, 5.41) is 23.1. The van der Waals surface area contributed by atoms with Crippen molar-refractivity contribution < 1.29 is 23.4 Å². The van der Waals surface area contributed by atoms with Gasteiger partial charge in [0.1, 0.15) is 11.9 Å². The molecule has 8 heteroatoms. The van der Waals surface area contributed by atoms with Crippen molar-refractivity contribution in [1.82, 2.24) is 0 Å². The van der Waals surface area contributed by atoms with Gasteiger partial charge in [-0.1, -0.05) is 83.6 Å². The molecule has 0 saturated heterocycles. The predicted molar refractivity (Wildman–Crippen MR) is 149 cm³/mol. The molecule has 0 spiro atoms. The fraction of sp³-hybridized carbons (Fsp3) is 0.133. The molecule has 0 aliphatic heterocycles. The number of benzene rings is 4. The van der Waals surface area contributed by atoms with E-state index in [1.807, 2.05) is 6.92 Å². The number of methoxy groups -OCH3 is 1. The number of aliphatic hydroxyl groups excluding tert-OH is 1. The zero-order chi connectivity index (χ0) is 27.3. The number of aliphatic hydroxyl groups is 2. The van der Waals surface area contributed by atoms with Crippen molar-refractivity contribution in [3.8, 4) is 17.6 Å². The van der Waals surface area contributed by atoms with Crippen LogP contribution < -0.4 is 9.46 Å². The molecule has 0 fully saturated rings. The fourth-order valence-corrected chi connectivity index (χ4v) is 5.09. The average molecular weight is 548 g/mol. The summed E-state index contributed by atoms with van der Waals surface area (Å²) in [6.07, 6.45) is -1.23. The van der Waals surface area contributed by atoms with Crippen molar-refractivity contribution in [3.05, 3.63) is 124 Å². The Balaban J connectivity index is 1.81. The summed E-state index contributed by atoms with van der Waals surface area (Å²) in [5.41, 5.74) is -0.0335. The van der Waals surface area contributed by atoms with Gasteiger partial charge in [-0.15, -0.1) is 0 Å². The zero-order valence-corrected chi connectivity index (χ0v) is 22.3. The summed E-state index contributed by atoms with van der Waals surface area (Å²) < 4.78 is 34.1. The smallest absolute Gasteiger partial charge is 0.261 e. The lowest BCUT2D eigenvalue weighted by atomic mass is 9.85. The van der Waals surface area contributed by atoms with Crippen LogP contribution in [0.15, 0.2) is 102 Å². The Morgan fingerprint density at radius 1 is 0.947 bits per heavy atom. The lowest BCUT2D eigenvalue weighted by Gasteiger charge is -2.27. The van der Waals surface area contributed by atoms with Crippen LogP contribution >= 0.6 is 11.6 Å². The topological polar surface area (TPSA) is 95.9 Å². The molecule has 0 aliphatic rings. The normalized spacial score (nSPS) is 13.5. The minimum atomic E-state index is -4.00. The number of halogens is 1. The fourth-order valence-electron chi connectivity index (χ4n) is 3.84. The minimum absolute atomic E-state index is 0.0632. The van der Waals surface area contributed by atoms with E-state index in [4.69, 9.17) is 16.3 Å². The van der Waals surface area contributed by atoms with Gasteiger partial charge in [-0.3, -0.25) is 4.72 Å². The largest absolute Gasteiger partial charge is 0.497 e. The Morgan fingerprint density at radius 2 is 1.61 bits per heavy atom. The second-order valence-electron chi connectivity index (χ2n) is 8.63. The maximum Gasteiger partial charge on any atom is 0.261 e. The molecule has 0 aliphatic carbocycles. The molecule has 38 heavy (non-hydrogen) atoms. The molecule has 6 nitrogen and oxygen atoms in total. The summed E-state index contributed by atoms with van der Waals surface area (Å²) in [4.78, 5) is 0.0632. The van der Waals surface area contributed by atoms with Gasteiger partial charge in [0, 0.05) is 16.1 Å². The van der Waals surface area contributed by atoms with Gasteiger partial charge < -0.3 is 14.9 Å². The lowest BCUT2D eigenvalue weighted by Crippen LogP contribution is -2.28. The zero-order valence-electron chi connectivity index (χ0n) is 20.7. The number of rotatable bonds is 7. The van der Waals surface area contributed by atoms with Crippen molar-refractivity contribution in [3.63, 3.8) is 0 Å². The highest BCUT2D eigenvalue weighted by Gasteiger charge is 2.34. The highest BCUT2D eigenvalue weighted by atomic mass is 35.5. The van der Waals surface area contributed by atoms with Gasteiger partial charge in [-0.05, 0) is 55.0 Å². The van der Waals surface area contributed by atoms with Crippen molar-refractivity contribution in [1.29, 1.82) is 0 Å². The summed E-state index contributed by atoms with van der Waals surface area (Å²) >= 11 is 6.31. The van der Waals surface area contributed by atoms with Crippen LogP contribution in [-0.2, 0) is 15.6 Å². The Kier molecular flexibility index (Phi) is 8.10. The molecule has 4 aromatic carbocycles. The molecule has 0 heterocycles. The Morgan fingerprint density at radius 3 is 2.24 bits per heavy atom. The first-order valence-corrected chi connectivity index (χ1v) is 13.5. The number of anilines is 1. The van der Waals surface area contributed by atoms with Gasteiger partial charge in [0.2, 0.25) is 0 Å². The number of nitrogens with one attached hydrogen (secondary N) is 1. The average Bonchev–Trinajstić information content (AvgIpc) is 2.93. The Hall–Kier alpha value is -3.80. The van der Waals surface area contributed by atoms with Crippen molar-refractivity contribution >= 4 is 27.3 Å². The van der Waals surface area contributed by atoms with E-state index in [2.05, 4.69) is 16.6 Å². The quantitative estimate of drug-likeness (QED) is 0.268. The summed E-state index contributed by atoms with van der Waals surface area (Å²) in [5.74, 6) is 6.13. The van der Waals surface area contributed by atoms with Crippen LogP contribution in [-0.4, -0.2) is 25.7 Å². The van der Waals surface area contributed by atoms with E-state index < -0.39 is 21.7 Å². The number of aryl methyl sites for hydroxylation is 1. The van der Waals surface area contributed by atoms with Gasteiger partial charge in [-0.2, -0.15) is 0 Å². The number of sulfonamides is 1. The highest BCUT2D eigenvalue weighted by Crippen LogP contribution is 2.37. The first-order valence-electron chi connectivity index (χ1n) is 11.6. The van der Waals surface area contributed by atoms with Crippen LogP contribution in [0.3, 0.4) is 0 Å². The predicted octanol–water partition coefficient (Wildman–Crippen LogP) is 5.43. The van der Waals surface area contributed by atoms with Gasteiger partial charge >= 0.3 is 0 Å². The van der Waals surface area contributed by atoms with Gasteiger partial charge in [-0.25, -0.2) is 8.42 Å². The molecule has 3 N–H and O–H groups in total. The second-order valence-corrected chi connectivity index (χ2v) is 10.7.